The van der Waals surface area contributed by atoms with Crippen LogP contribution in [0.25, 0.3) is 11.0 Å². The minimum atomic E-state index is -4.35. The molecular formula is C13H18BrFN3O5P. The summed E-state index contributed by atoms with van der Waals surface area (Å²) in [5, 5.41) is 0. The van der Waals surface area contributed by atoms with E-state index in [4.69, 9.17) is 0 Å². The van der Waals surface area contributed by atoms with Crippen LogP contribution < -0.4 is 11.1 Å². The average molecular weight is 426 g/mol. The highest BCUT2D eigenvalue weighted by atomic mass is 79.9. The highest BCUT2D eigenvalue weighted by Gasteiger charge is 2.29. The van der Waals surface area contributed by atoms with E-state index in [1.807, 2.05) is 0 Å². The normalized spacial score (nSPS) is 13.1. The molecule has 0 spiro atoms. The Morgan fingerprint density at radius 2 is 1.83 bits per heavy atom. The molecule has 0 amide bonds. The van der Waals surface area contributed by atoms with Crippen LogP contribution in [0.1, 0.15) is 19.4 Å². The third-order valence-corrected chi connectivity index (χ3v) is 4.97. The molecule has 0 radical (unpaired) electrons. The highest BCUT2D eigenvalue weighted by Crippen LogP contribution is 2.43. The van der Waals surface area contributed by atoms with Crippen molar-refractivity contribution >= 4 is 35.6 Å². The number of aromatic nitrogens is 2. The molecule has 24 heavy (non-hydrogen) atoms. The molecule has 1 aromatic carbocycles. The van der Waals surface area contributed by atoms with Gasteiger partial charge in [-0.15, -0.1) is 17.0 Å². The van der Waals surface area contributed by atoms with Gasteiger partial charge < -0.3 is 19.8 Å². The molecule has 4 N–H and O–H groups in total. The third kappa shape index (κ3) is 4.40. The molecule has 11 heteroatoms. The highest BCUT2D eigenvalue weighted by molar-refractivity contribution is 8.93. The Balaban J connectivity index is 0.00000288. The van der Waals surface area contributed by atoms with Crippen molar-refractivity contribution in [3.05, 3.63) is 44.2 Å². The number of hydrogen-bond donors (Lipinski definition) is 4. The summed E-state index contributed by atoms with van der Waals surface area (Å²) in [6, 6.07) is 2.23. The number of nitrogens with one attached hydrogen (secondary N) is 2. The van der Waals surface area contributed by atoms with Gasteiger partial charge in [0.15, 0.2) is 0 Å². The SMILES string of the molecule is Br.CCN(Cc1cc(F)cc2[nH]c(=O)c(=O)[nH]c12)C(C)P(=O)(O)O. The summed E-state index contributed by atoms with van der Waals surface area (Å²) in [4.78, 5) is 47.5. The lowest BCUT2D eigenvalue weighted by Gasteiger charge is -2.28. The number of halogens is 2. The molecule has 0 bridgehead atoms. The Bertz CT molecular complexity index is 893. The maximum absolute atomic E-state index is 13.7. The number of aromatic amines is 2. The van der Waals surface area contributed by atoms with Crippen LogP contribution in [0.5, 0.6) is 0 Å². The van der Waals surface area contributed by atoms with E-state index in [9.17, 15) is 28.3 Å². The topological polar surface area (TPSA) is 126 Å². The maximum atomic E-state index is 13.7. The lowest BCUT2D eigenvalue weighted by atomic mass is 10.1. The molecule has 0 aliphatic carbocycles. The second kappa shape index (κ2) is 7.71. The first kappa shape index (κ1) is 20.7. The molecule has 8 nitrogen and oxygen atoms in total. The molecule has 1 aromatic heterocycles. The van der Waals surface area contributed by atoms with Crippen molar-refractivity contribution in [2.24, 2.45) is 0 Å². The van der Waals surface area contributed by atoms with E-state index in [0.717, 1.165) is 12.1 Å². The van der Waals surface area contributed by atoms with Crippen LogP contribution in [0.15, 0.2) is 21.7 Å². The van der Waals surface area contributed by atoms with Crippen molar-refractivity contribution in [3.63, 3.8) is 0 Å². The monoisotopic (exact) mass is 425 g/mol. The summed E-state index contributed by atoms with van der Waals surface area (Å²) in [6.45, 7) is 3.38. The molecule has 2 aromatic rings. The van der Waals surface area contributed by atoms with Gasteiger partial charge >= 0.3 is 18.7 Å². The van der Waals surface area contributed by atoms with Crippen molar-refractivity contribution in [2.45, 2.75) is 26.2 Å². The number of nitrogens with zero attached hydrogens (tertiary/aromatic N) is 1. The van der Waals surface area contributed by atoms with Gasteiger partial charge in [0.25, 0.3) is 0 Å². The zero-order valence-electron chi connectivity index (χ0n) is 12.9. The van der Waals surface area contributed by atoms with Crippen LogP contribution in [-0.4, -0.2) is 37.0 Å². The fourth-order valence-electron chi connectivity index (χ4n) is 2.32. The molecule has 0 saturated heterocycles. The average Bonchev–Trinajstić information content (AvgIpc) is 2.44. The van der Waals surface area contributed by atoms with Crippen molar-refractivity contribution < 1.29 is 18.7 Å². The summed E-state index contributed by atoms with van der Waals surface area (Å²) in [5.74, 6) is -1.70. The Kier molecular flexibility index (Phi) is 6.66. The summed E-state index contributed by atoms with van der Waals surface area (Å²) >= 11 is 0. The van der Waals surface area contributed by atoms with Gasteiger partial charge in [-0.3, -0.25) is 19.1 Å². The van der Waals surface area contributed by atoms with Crippen LogP contribution in [0, 0.1) is 5.82 Å². The van der Waals surface area contributed by atoms with Gasteiger partial charge in [-0.25, -0.2) is 4.39 Å². The van der Waals surface area contributed by atoms with Crippen LogP contribution in [0.4, 0.5) is 4.39 Å². The number of H-pyrrole nitrogens is 2. The molecule has 0 saturated carbocycles. The lowest BCUT2D eigenvalue weighted by molar-refractivity contribution is 0.225. The van der Waals surface area contributed by atoms with E-state index in [2.05, 4.69) is 9.97 Å². The van der Waals surface area contributed by atoms with Crippen LogP contribution in [-0.2, 0) is 11.1 Å². The number of rotatable bonds is 5. The van der Waals surface area contributed by atoms with E-state index in [1.54, 1.807) is 6.92 Å². The van der Waals surface area contributed by atoms with E-state index in [-0.39, 0.29) is 34.6 Å². The Hall–Kier alpha value is -1.32. The number of benzene rings is 1. The molecule has 2 rings (SSSR count). The summed E-state index contributed by atoms with van der Waals surface area (Å²) in [7, 11) is -4.35. The summed E-state index contributed by atoms with van der Waals surface area (Å²) in [5.41, 5.74) is -1.12. The largest absolute Gasteiger partial charge is 0.342 e. The Morgan fingerprint density at radius 1 is 1.25 bits per heavy atom. The van der Waals surface area contributed by atoms with Gasteiger partial charge in [-0.2, -0.15) is 0 Å². The minimum absolute atomic E-state index is 0. The van der Waals surface area contributed by atoms with E-state index >= 15 is 0 Å². The molecule has 134 valence electrons. The lowest BCUT2D eigenvalue weighted by Crippen LogP contribution is -2.33. The van der Waals surface area contributed by atoms with Gasteiger partial charge in [-0.05, 0) is 31.2 Å². The maximum Gasteiger partial charge on any atom is 0.342 e. The van der Waals surface area contributed by atoms with Gasteiger partial charge in [-0.1, -0.05) is 6.92 Å². The smallest absolute Gasteiger partial charge is 0.323 e. The molecule has 1 heterocycles. The quantitative estimate of drug-likeness (QED) is 0.422. The standard InChI is InChI=1S/C13H17FN3O5P.BrH/c1-3-17(7(2)23(20,21)22)6-8-4-9(14)5-10-11(8)16-13(19)12(18)15-10;/h4-5,7H,3,6H2,1-2H3,(H,15,18)(H,16,19)(H2,20,21,22);1H. The molecule has 0 aliphatic rings. The first-order valence-electron chi connectivity index (χ1n) is 6.87. The summed E-state index contributed by atoms with van der Waals surface area (Å²) in [6.07, 6.45) is 0. The predicted molar refractivity (Wildman–Crippen MR) is 93.1 cm³/mol. The third-order valence-electron chi connectivity index (χ3n) is 3.67. The van der Waals surface area contributed by atoms with Gasteiger partial charge in [0.2, 0.25) is 0 Å². The van der Waals surface area contributed by atoms with Crippen molar-refractivity contribution in [1.29, 1.82) is 0 Å². The van der Waals surface area contributed by atoms with Crippen molar-refractivity contribution in [2.75, 3.05) is 6.54 Å². The Labute approximate surface area is 146 Å². The molecule has 0 fully saturated rings. The van der Waals surface area contributed by atoms with Crippen molar-refractivity contribution in [1.82, 2.24) is 14.9 Å². The molecule has 0 aliphatic heterocycles. The second-order valence-electron chi connectivity index (χ2n) is 5.18. The summed E-state index contributed by atoms with van der Waals surface area (Å²) < 4.78 is 25.2. The molecule has 1 atom stereocenters. The van der Waals surface area contributed by atoms with Crippen LogP contribution >= 0.6 is 24.6 Å². The zero-order chi connectivity index (χ0) is 17.4. The van der Waals surface area contributed by atoms with Gasteiger partial charge in [0.1, 0.15) is 11.6 Å². The van der Waals surface area contributed by atoms with Gasteiger partial charge in [0.05, 0.1) is 11.0 Å². The first-order chi connectivity index (χ1) is 10.6. The van der Waals surface area contributed by atoms with E-state index in [1.165, 1.54) is 11.8 Å². The zero-order valence-corrected chi connectivity index (χ0v) is 15.6. The molecule has 1 unspecified atom stereocenters. The minimum Gasteiger partial charge on any atom is -0.323 e. The number of fused-ring (bicyclic) bond motifs is 1. The fourth-order valence-corrected chi connectivity index (χ4v) is 2.99. The van der Waals surface area contributed by atoms with Gasteiger partial charge in [0, 0.05) is 6.54 Å². The Morgan fingerprint density at radius 3 is 2.38 bits per heavy atom. The van der Waals surface area contributed by atoms with Crippen LogP contribution in [0.2, 0.25) is 0 Å². The molecular weight excluding hydrogens is 408 g/mol. The fraction of sp³-hybridized carbons (Fsp3) is 0.385. The van der Waals surface area contributed by atoms with Crippen LogP contribution in [0.3, 0.4) is 0 Å². The first-order valence-corrected chi connectivity index (χ1v) is 8.55. The predicted octanol–water partition coefficient (Wildman–Crippen LogP) is 1.28. The van der Waals surface area contributed by atoms with E-state index < -0.39 is 30.3 Å². The van der Waals surface area contributed by atoms with Crippen molar-refractivity contribution in [3.8, 4) is 0 Å². The second-order valence-corrected chi connectivity index (χ2v) is 7.11. The number of hydrogen-bond acceptors (Lipinski definition) is 4. The van der Waals surface area contributed by atoms with E-state index in [0.29, 0.717) is 12.1 Å².